The van der Waals surface area contributed by atoms with Crippen molar-refractivity contribution < 1.29 is 9.47 Å². The molecule has 0 bridgehead atoms. The molecule has 0 aliphatic carbocycles. The van der Waals surface area contributed by atoms with Crippen molar-refractivity contribution in [3.63, 3.8) is 0 Å². The lowest BCUT2D eigenvalue weighted by atomic mass is 9.59. The Morgan fingerprint density at radius 1 is 0.857 bits per heavy atom. The summed E-state index contributed by atoms with van der Waals surface area (Å²) < 4.78 is 13.3. The van der Waals surface area contributed by atoms with E-state index in [-0.39, 0.29) is 5.41 Å². The lowest BCUT2D eigenvalue weighted by Crippen LogP contribution is -2.41. The van der Waals surface area contributed by atoms with Gasteiger partial charge in [0.2, 0.25) is 0 Å². The molecule has 4 heteroatoms. The van der Waals surface area contributed by atoms with Gasteiger partial charge < -0.3 is 14.8 Å². The predicted octanol–water partition coefficient (Wildman–Crippen LogP) is 7.85. The van der Waals surface area contributed by atoms with Gasteiger partial charge in [-0.25, -0.2) is 0 Å². The first-order valence-corrected chi connectivity index (χ1v) is 13.8. The highest BCUT2D eigenvalue weighted by atomic mass is 127. The molecule has 0 aliphatic heterocycles. The van der Waals surface area contributed by atoms with E-state index in [1.165, 1.54) is 14.7 Å². The number of para-hydroxylation sites is 2. The molecule has 1 N–H and O–H groups in total. The highest BCUT2D eigenvalue weighted by Gasteiger charge is 2.45. The normalized spacial score (nSPS) is 13.9. The van der Waals surface area contributed by atoms with Gasteiger partial charge >= 0.3 is 0 Å². The first kappa shape index (κ1) is 27.5. The number of ether oxygens (including phenoxy) is 2. The van der Waals surface area contributed by atoms with Crippen LogP contribution in [0.15, 0.2) is 72.8 Å². The van der Waals surface area contributed by atoms with Crippen molar-refractivity contribution >= 4 is 22.6 Å². The van der Waals surface area contributed by atoms with Gasteiger partial charge in [-0.15, -0.1) is 0 Å². The van der Waals surface area contributed by atoms with E-state index in [1.54, 1.807) is 7.11 Å². The van der Waals surface area contributed by atoms with Crippen molar-refractivity contribution in [2.75, 3.05) is 20.3 Å². The van der Waals surface area contributed by atoms with Gasteiger partial charge in [-0.05, 0) is 64.6 Å². The predicted molar refractivity (Wildman–Crippen MR) is 155 cm³/mol. The van der Waals surface area contributed by atoms with Crippen LogP contribution in [0.1, 0.15) is 57.2 Å². The summed E-state index contributed by atoms with van der Waals surface area (Å²) in [6, 6.07) is 25.7. The zero-order chi connectivity index (χ0) is 25.3. The Hall–Kier alpha value is -2.05. The Morgan fingerprint density at radius 2 is 1.49 bits per heavy atom. The van der Waals surface area contributed by atoms with Crippen LogP contribution in [0.5, 0.6) is 11.5 Å². The standard InChI is InChI=1S/C31H40INO2/c1-6-13-24(4)31(23(2)3,26-15-8-10-17-28(26)32)27-16-9-12-19-30(27)35-21-20-33-22-25-14-7-11-18-29(25)34-5/h7-12,14-19,23-24,33H,6,13,20-22H2,1-5H3. The number of hydrogen-bond acceptors (Lipinski definition) is 3. The van der Waals surface area contributed by atoms with Gasteiger partial charge in [0, 0.05) is 33.2 Å². The summed E-state index contributed by atoms with van der Waals surface area (Å²) in [6.07, 6.45) is 2.33. The highest BCUT2D eigenvalue weighted by Crippen LogP contribution is 2.51. The van der Waals surface area contributed by atoms with Crippen molar-refractivity contribution in [2.24, 2.45) is 11.8 Å². The van der Waals surface area contributed by atoms with Crippen LogP contribution >= 0.6 is 22.6 Å². The Kier molecular flexibility index (Phi) is 10.5. The van der Waals surface area contributed by atoms with Crippen molar-refractivity contribution in [1.29, 1.82) is 0 Å². The second-order valence-corrected chi connectivity index (χ2v) is 10.7. The third-order valence-corrected chi connectivity index (χ3v) is 8.05. The van der Waals surface area contributed by atoms with Crippen LogP contribution in [0.3, 0.4) is 0 Å². The lowest BCUT2D eigenvalue weighted by Gasteiger charge is -2.45. The van der Waals surface area contributed by atoms with Gasteiger partial charge in [-0.2, -0.15) is 0 Å². The van der Waals surface area contributed by atoms with E-state index in [2.05, 4.69) is 110 Å². The molecule has 3 rings (SSSR count). The molecule has 0 spiro atoms. The molecule has 0 heterocycles. The van der Waals surface area contributed by atoms with Crippen LogP contribution in [0.2, 0.25) is 0 Å². The zero-order valence-electron chi connectivity index (χ0n) is 21.8. The first-order valence-electron chi connectivity index (χ1n) is 12.8. The average molecular weight is 586 g/mol. The van der Waals surface area contributed by atoms with Gasteiger partial charge in [-0.1, -0.05) is 88.7 Å². The number of methoxy groups -OCH3 is 1. The molecule has 188 valence electrons. The Balaban J connectivity index is 1.86. The summed E-state index contributed by atoms with van der Waals surface area (Å²) in [7, 11) is 1.72. The van der Waals surface area contributed by atoms with E-state index in [4.69, 9.17) is 9.47 Å². The van der Waals surface area contributed by atoms with Gasteiger partial charge in [0.1, 0.15) is 18.1 Å². The van der Waals surface area contributed by atoms with E-state index in [0.29, 0.717) is 18.4 Å². The Bertz CT molecular complexity index is 1070. The third-order valence-electron chi connectivity index (χ3n) is 7.11. The third kappa shape index (κ3) is 6.21. The maximum Gasteiger partial charge on any atom is 0.123 e. The number of benzene rings is 3. The van der Waals surface area contributed by atoms with Gasteiger partial charge in [-0.3, -0.25) is 0 Å². The van der Waals surface area contributed by atoms with Crippen LogP contribution in [0.4, 0.5) is 0 Å². The summed E-state index contributed by atoms with van der Waals surface area (Å²) >= 11 is 2.51. The molecule has 3 nitrogen and oxygen atoms in total. The number of rotatable bonds is 13. The monoisotopic (exact) mass is 585 g/mol. The minimum Gasteiger partial charge on any atom is -0.496 e. The lowest BCUT2D eigenvalue weighted by molar-refractivity contribution is 0.226. The van der Waals surface area contributed by atoms with Crippen LogP contribution < -0.4 is 14.8 Å². The van der Waals surface area contributed by atoms with Crippen molar-refractivity contribution in [3.8, 4) is 11.5 Å². The van der Waals surface area contributed by atoms with Crippen LogP contribution in [-0.4, -0.2) is 20.3 Å². The molecule has 0 fully saturated rings. The fourth-order valence-corrected chi connectivity index (χ4v) is 6.40. The number of halogens is 1. The Labute approximate surface area is 225 Å². The number of nitrogens with one attached hydrogen (secondary N) is 1. The van der Waals surface area contributed by atoms with E-state index in [1.807, 2.05) is 18.2 Å². The van der Waals surface area contributed by atoms with Crippen molar-refractivity contribution in [2.45, 2.75) is 52.5 Å². The molecule has 35 heavy (non-hydrogen) atoms. The zero-order valence-corrected chi connectivity index (χ0v) is 24.0. The molecule has 2 unspecified atom stereocenters. The smallest absolute Gasteiger partial charge is 0.123 e. The summed E-state index contributed by atoms with van der Waals surface area (Å²) in [5.74, 6) is 2.78. The second kappa shape index (κ2) is 13.3. The fraction of sp³-hybridized carbons (Fsp3) is 0.419. The maximum absolute atomic E-state index is 6.48. The molecule has 0 aromatic heterocycles. The van der Waals surface area contributed by atoms with Crippen LogP contribution in [0.25, 0.3) is 0 Å². The topological polar surface area (TPSA) is 30.5 Å². The van der Waals surface area contributed by atoms with Crippen LogP contribution in [0, 0.1) is 15.4 Å². The average Bonchev–Trinajstić information content (AvgIpc) is 2.86. The van der Waals surface area contributed by atoms with Gasteiger partial charge in [0.15, 0.2) is 0 Å². The minimum absolute atomic E-state index is 0.130. The second-order valence-electron chi connectivity index (χ2n) is 9.53. The molecule has 0 saturated carbocycles. The van der Waals surface area contributed by atoms with Gasteiger partial charge in [0.05, 0.1) is 7.11 Å². The Morgan fingerprint density at radius 3 is 2.14 bits per heavy atom. The molecule has 2 atom stereocenters. The molecular weight excluding hydrogens is 545 g/mol. The summed E-state index contributed by atoms with van der Waals surface area (Å²) in [4.78, 5) is 0. The van der Waals surface area contributed by atoms with Crippen LogP contribution in [-0.2, 0) is 12.0 Å². The summed E-state index contributed by atoms with van der Waals surface area (Å²) in [5.41, 5.74) is 3.72. The quantitative estimate of drug-likeness (QED) is 0.164. The molecule has 3 aromatic carbocycles. The molecule has 0 radical (unpaired) electrons. The first-order chi connectivity index (χ1) is 17.0. The van der Waals surface area contributed by atoms with Crippen molar-refractivity contribution in [3.05, 3.63) is 93.1 Å². The minimum atomic E-state index is -0.130. The molecule has 0 amide bonds. The van der Waals surface area contributed by atoms with E-state index in [0.717, 1.165) is 43.0 Å². The van der Waals surface area contributed by atoms with Crippen molar-refractivity contribution in [1.82, 2.24) is 5.32 Å². The fourth-order valence-electron chi connectivity index (χ4n) is 5.56. The van der Waals surface area contributed by atoms with E-state index < -0.39 is 0 Å². The van der Waals surface area contributed by atoms with E-state index >= 15 is 0 Å². The molecule has 3 aromatic rings. The van der Waals surface area contributed by atoms with Gasteiger partial charge in [0.25, 0.3) is 0 Å². The summed E-state index contributed by atoms with van der Waals surface area (Å²) in [5, 5.41) is 3.51. The number of hydrogen-bond donors (Lipinski definition) is 1. The largest absolute Gasteiger partial charge is 0.496 e. The molecular formula is C31H40INO2. The highest BCUT2D eigenvalue weighted by molar-refractivity contribution is 14.1. The summed E-state index contributed by atoms with van der Waals surface area (Å²) in [6.45, 7) is 11.5. The molecule has 0 aliphatic rings. The SMILES string of the molecule is CCCC(C)C(c1ccccc1I)(c1ccccc1OCCNCc1ccccc1OC)C(C)C. The maximum atomic E-state index is 6.48. The molecule has 0 saturated heterocycles. The van der Waals surface area contributed by atoms with E-state index in [9.17, 15) is 0 Å².